The van der Waals surface area contributed by atoms with Gasteiger partial charge in [0.15, 0.2) is 0 Å². The van der Waals surface area contributed by atoms with E-state index in [1.165, 1.54) is 12.1 Å². The average molecular weight is 214 g/mol. The SMILES string of the molecule is [2H]c1cc(C=O)cc([2H])c1OCc1ccccc1. The molecule has 2 aromatic carbocycles. The second-order valence-corrected chi connectivity index (χ2v) is 3.30. The van der Waals surface area contributed by atoms with Gasteiger partial charge in [0.05, 0.1) is 2.74 Å². The van der Waals surface area contributed by atoms with E-state index >= 15 is 0 Å². The quantitative estimate of drug-likeness (QED) is 0.731. The summed E-state index contributed by atoms with van der Waals surface area (Å²) in [5, 5.41) is 0. The molecule has 0 N–H and O–H groups in total. The molecule has 2 rings (SSSR count). The number of carbonyl (C=O) groups excluding carboxylic acids is 1. The van der Waals surface area contributed by atoms with Crippen molar-refractivity contribution in [3.63, 3.8) is 0 Å². The van der Waals surface area contributed by atoms with Gasteiger partial charge in [0.1, 0.15) is 18.6 Å². The monoisotopic (exact) mass is 214 g/mol. The Bertz CT molecular complexity index is 530. The maximum atomic E-state index is 10.6. The molecule has 0 aliphatic heterocycles. The van der Waals surface area contributed by atoms with Crippen molar-refractivity contribution in [2.24, 2.45) is 0 Å². The number of aldehydes is 1. The van der Waals surface area contributed by atoms with Crippen LogP contribution in [0.1, 0.15) is 18.7 Å². The first kappa shape index (κ1) is 8.11. The highest BCUT2D eigenvalue weighted by Crippen LogP contribution is 2.13. The van der Waals surface area contributed by atoms with Crippen LogP contribution in [0.4, 0.5) is 0 Å². The number of carbonyl (C=O) groups is 1. The van der Waals surface area contributed by atoms with Gasteiger partial charge in [-0.25, -0.2) is 0 Å². The lowest BCUT2D eigenvalue weighted by atomic mass is 10.2. The van der Waals surface area contributed by atoms with E-state index in [0.717, 1.165) is 5.56 Å². The van der Waals surface area contributed by atoms with Crippen molar-refractivity contribution in [2.45, 2.75) is 6.61 Å². The van der Waals surface area contributed by atoms with E-state index in [9.17, 15) is 4.79 Å². The molecule has 0 heterocycles. The van der Waals surface area contributed by atoms with Crippen LogP contribution in [0.2, 0.25) is 0 Å². The summed E-state index contributed by atoms with van der Waals surface area (Å²) < 4.78 is 20.9. The summed E-state index contributed by atoms with van der Waals surface area (Å²) in [5.74, 6) is 0.199. The molecule has 0 aliphatic carbocycles. The van der Waals surface area contributed by atoms with E-state index in [2.05, 4.69) is 0 Å². The van der Waals surface area contributed by atoms with Crippen molar-refractivity contribution >= 4 is 6.29 Å². The first-order chi connectivity index (χ1) is 8.70. The van der Waals surface area contributed by atoms with Gasteiger partial charge in [0.2, 0.25) is 0 Å². The Labute approximate surface area is 97.3 Å². The van der Waals surface area contributed by atoms with Crippen LogP contribution >= 0.6 is 0 Å². The van der Waals surface area contributed by atoms with Gasteiger partial charge in [-0.15, -0.1) is 0 Å². The molecular formula is C14H12O2. The summed E-state index contributed by atoms with van der Waals surface area (Å²) in [4.78, 5) is 10.6. The third-order valence-corrected chi connectivity index (χ3v) is 2.10. The Morgan fingerprint density at radius 2 is 1.81 bits per heavy atom. The fourth-order valence-corrected chi connectivity index (χ4v) is 1.26. The standard InChI is InChI=1S/C14H12O2/c15-10-12-6-8-14(9-7-12)16-11-13-4-2-1-3-5-13/h1-10H,11H2/i8D,9D. The predicted molar refractivity (Wildman–Crippen MR) is 62.6 cm³/mol. The molecular weight excluding hydrogens is 200 g/mol. The second-order valence-electron chi connectivity index (χ2n) is 3.30. The second kappa shape index (κ2) is 5.12. The van der Waals surface area contributed by atoms with Crippen LogP contribution in [-0.2, 0) is 6.61 Å². The third-order valence-electron chi connectivity index (χ3n) is 2.10. The van der Waals surface area contributed by atoms with Crippen molar-refractivity contribution < 1.29 is 12.3 Å². The van der Waals surface area contributed by atoms with Crippen LogP contribution in [0, 0.1) is 0 Å². The molecule has 16 heavy (non-hydrogen) atoms. The lowest BCUT2D eigenvalue weighted by molar-refractivity contribution is 0.112. The minimum absolute atomic E-state index is 0.0560. The van der Waals surface area contributed by atoms with E-state index in [1.54, 1.807) is 0 Å². The van der Waals surface area contributed by atoms with Gasteiger partial charge in [-0.3, -0.25) is 4.79 Å². The summed E-state index contributed by atoms with van der Waals surface area (Å²) in [6.07, 6.45) is 0.622. The molecule has 2 nitrogen and oxygen atoms in total. The van der Waals surface area contributed by atoms with Crippen molar-refractivity contribution in [1.82, 2.24) is 0 Å². The molecule has 0 spiro atoms. The lowest BCUT2D eigenvalue weighted by Gasteiger charge is -2.05. The third kappa shape index (κ3) is 2.70. The maximum Gasteiger partial charge on any atom is 0.150 e. The number of benzene rings is 2. The van der Waals surface area contributed by atoms with Gasteiger partial charge < -0.3 is 4.74 Å². The summed E-state index contributed by atoms with van der Waals surface area (Å²) in [6, 6.07) is 12.4. The van der Waals surface area contributed by atoms with E-state index in [0.29, 0.717) is 18.5 Å². The summed E-state index contributed by atoms with van der Waals surface area (Å²) >= 11 is 0. The van der Waals surface area contributed by atoms with Crippen LogP contribution in [0.3, 0.4) is 0 Å². The summed E-state index contributed by atoms with van der Waals surface area (Å²) in [6.45, 7) is 0.305. The zero-order valence-corrected chi connectivity index (χ0v) is 8.64. The Balaban J connectivity index is 2.17. The van der Waals surface area contributed by atoms with Crippen LogP contribution in [-0.4, -0.2) is 6.29 Å². The number of hydrogen-bond donors (Lipinski definition) is 0. The minimum atomic E-state index is 0.0560. The van der Waals surface area contributed by atoms with Gasteiger partial charge in [0.25, 0.3) is 0 Å². The van der Waals surface area contributed by atoms with E-state index in [4.69, 9.17) is 7.48 Å². The fourth-order valence-electron chi connectivity index (χ4n) is 1.26. The first-order valence-corrected chi connectivity index (χ1v) is 4.94. The average Bonchev–Trinajstić information content (AvgIpc) is 2.38. The van der Waals surface area contributed by atoms with Crippen molar-refractivity contribution in [2.75, 3.05) is 0 Å². The highest BCUT2D eigenvalue weighted by Gasteiger charge is 1.95. The fraction of sp³-hybridized carbons (Fsp3) is 0.0714. The Kier molecular flexibility index (Phi) is 2.60. The topological polar surface area (TPSA) is 26.3 Å². The van der Waals surface area contributed by atoms with E-state index < -0.39 is 0 Å². The largest absolute Gasteiger partial charge is 0.489 e. The predicted octanol–water partition coefficient (Wildman–Crippen LogP) is 3.08. The van der Waals surface area contributed by atoms with Crippen molar-refractivity contribution in [3.05, 3.63) is 65.7 Å². The molecule has 2 heteroatoms. The summed E-state index contributed by atoms with van der Waals surface area (Å²) in [5.41, 5.74) is 1.29. The molecule has 0 fully saturated rings. The van der Waals surface area contributed by atoms with Crippen LogP contribution in [0.15, 0.2) is 54.5 Å². The van der Waals surface area contributed by atoms with Crippen LogP contribution < -0.4 is 4.74 Å². The molecule has 0 atom stereocenters. The maximum absolute atomic E-state index is 10.6. The Hall–Kier alpha value is -2.09. The number of rotatable bonds is 4. The van der Waals surface area contributed by atoms with Gasteiger partial charge in [-0.2, -0.15) is 0 Å². The molecule has 0 saturated heterocycles. The van der Waals surface area contributed by atoms with Gasteiger partial charge >= 0.3 is 0 Å². The Morgan fingerprint density at radius 3 is 2.44 bits per heavy atom. The van der Waals surface area contributed by atoms with E-state index in [-0.39, 0.29) is 17.8 Å². The zero-order valence-electron chi connectivity index (χ0n) is 10.6. The molecule has 0 radical (unpaired) electrons. The highest BCUT2D eigenvalue weighted by atomic mass is 16.5. The number of hydrogen-bond acceptors (Lipinski definition) is 2. The zero-order chi connectivity index (χ0) is 13.0. The van der Waals surface area contributed by atoms with Crippen LogP contribution in [0.25, 0.3) is 0 Å². The highest BCUT2D eigenvalue weighted by molar-refractivity contribution is 5.74. The summed E-state index contributed by atoms with van der Waals surface area (Å²) in [7, 11) is 0. The molecule has 0 aliphatic rings. The molecule has 0 unspecified atom stereocenters. The van der Waals surface area contributed by atoms with Crippen molar-refractivity contribution in [1.29, 1.82) is 0 Å². The van der Waals surface area contributed by atoms with Crippen molar-refractivity contribution in [3.8, 4) is 5.75 Å². The molecule has 0 aromatic heterocycles. The van der Waals surface area contributed by atoms with Gasteiger partial charge in [-0.05, 0) is 29.8 Å². The smallest absolute Gasteiger partial charge is 0.150 e. The lowest BCUT2D eigenvalue weighted by Crippen LogP contribution is -1.94. The first-order valence-electron chi connectivity index (χ1n) is 5.94. The molecule has 80 valence electrons. The molecule has 0 amide bonds. The van der Waals surface area contributed by atoms with E-state index in [1.807, 2.05) is 30.3 Å². The number of ether oxygens (including phenoxy) is 1. The minimum Gasteiger partial charge on any atom is -0.489 e. The molecule has 0 saturated carbocycles. The Morgan fingerprint density at radius 1 is 1.12 bits per heavy atom. The van der Waals surface area contributed by atoms with Gasteiger partial charge in [0, 0.05) is 5.56 Å². The van der Waals surface area contributed by atoms with Gasteiger partial charge in [-0.1, -0.05) is 30.3 Å². The molecule has 2 aromatic rings. The molecule has 0 bridgehead atoms. The van der Waals surface area contributed by atoms with Crippen LogP contribution in [0.5, 0.6) is 5.75 Å². The normalized spacial score (nSPS) is 11.5.